The highest BCUT2D eigenvalue weighted by Crippen LogP contribution is 2.28. The molecule has 1 aromatic carbocycles. The number of rotatable bonds is 6. The summed E-state index contributed by atoms with van der Waals surface area (Å²) in [4.78, 5) is 2.67. The number of likely N-dealkylation sites (N-methyl/N-ethyl adjacent to an activating group) is 1. The van der Waals surface area contributed by atoms with Gasteiger partial charge in [-0.25, -0.2) is 0 Å². The Morgan fingerprint density at radius 3 is 2.19 bits per heavy atom. The van der Waals surface area contributed by atoms with Crippen molar-refractivity contribution >= 4 is 0 Å². The molecule has 118 valence electrons. The van der Waals surface area contributed by atoms with Gasteiger partial charge in [-0.2, -0.15) is 0 Å². The van der Waals surface area contributed by atoms with E-state index in [1.807, 2.05) is 0 Å². The first kappa shape index (κ1) is 16.5. The fourth-order valence-electron chi connectivity index (χ4n) is 3.24. The van der Waals surface area contributed by atoms with E-state index in [4.69, 9.17) is 0 Å². The molecule has 1 atom stereocenters. The second kappa shape index (κ2) is 6.96. The van der Waals surface area contributed by atoms with Crippen molar-refractivity contribution in [3.63, 3.8) is 0 Å². The standard InChI is InChI=1S/C20H33N/c1-6-21(15-18-8-7-9-18)16(2)14-17-10-12-19(13-11-17)20(3,4)5/h10-13,16,18H,6-9,14-15H2,1-5H3. The molecule has 0 heterocycles. The summed E-state index contributed by atoms with van der Waals surface area (Å²) in [7, 11) is 0. The van der Waals surface area contributed by atoms with Gasteiger partial charge in [0.1, 0.15) is 0 Å². The number of nitrogens with zero attached hydrogens (tertiary/aromatic N) is 1. The highest BCUT2D eigenvalue weighted by molar-refractivity contribution is 5.27. The highest BCUT2D eigenvalue weighted by Gasteiger charge is 2.22. The Labute approximate surface area is 131 Å². The normalized spacial score (nSPS) is 17.8. The molecule has 1 nitrogen and oxygen atoms in total. The van der Waals surface area contributed by atoms with E-state index in [9.17, 15) is 0 Å². The van der Waals surface area contributed by atoms with E-state index in [1.165, 1.54) is 49.9 Å². The zero-order valence-electron chi connectivity index (χ0n) is 14.7. The topological polar surface area (TPSA) is 3.24 Å². The molecule has 1 fully saturated rings. The SMILES string of the molecule is CCN(CC1CCC1)C(C)Cc1ccc(C(C)(C)C)cc1. The lowest BCUT2D eigenvalue weighted by Crippen LogP contribution is -2.39. The van der Waals surface area contributed by atoms with Crippen molar-refractivity contribution in [3.05, 3.63) is 35.4 Å². The van der Waals surface area contributed by atoms with E-state index in [2.05, 4.69) is 63.8 Å². The molecule has 0 N–H and O–H groups in total. The minimum absolute atomic E-state index is 0.254. The molecular weight excluding hydrogens is 254 g/mol. The third kappa shape index (κ3) is 4.57. The van der Waals surface area contributed by atoms with Gasteiger partial charge < -0.3 is 4.90 Å². The Bertz CT molecular complexity index is 422. The van der Waals surface area contributed by atoms with Crippen molar-refractivity contribution in [2.45, 2.75) is 71.8 Å². The predicted octanol–water partition coefficient (Wildman–Crippen LogP) is 5.04. The first-order chi connectivity index (χ1) is 9.90. The van der Waals surface area contributed by atoms with Crippen LogP contribution < -0.4 is 0 Å². The average molecular weight is 287 g/mol. The molecule has 0 bridgehead atoms. The Morgan fingerprint density at radius 1 is 1.14 bits per heavy atom. The maximum absolute atomic E-state index is 2.67. The molecule has 0 spiro atoms. The summed E-state index contributed by atoms with van der Waals surface area (Å²) in [6.07, 6.45) is 5.52. The molecule has 21 heavy (non-hydrogen) atoms. The molecule has 1 saturated carbocycles. The quantitative estimate of drug-likeness (QED) is 0.708. The van der Waals surface area contributed by atoms with E-state index in [-0.39, 0.29) is 5.41 Å². The summed E-state index contributed by atoms with van der Waals surface area (Å²) in [6, 6.07) is 9.92. The molecule has 0 aliphatic heterocycles. The zero-order valence-corrected chi connectivity index (χ0v) is 14.7. The number of hydrogen-bond donors (Lipinski definition) is 0. The van der Waals surface area contributed by atoms with Crippen LogP contribution in [0, 0.1) is 5.92 Å². The van der Waals surface area contributed by atoms with Gasteiger partial charge in [-0.15, -0.1) is 0 Å². The lowest BCUT2D eigenvalue weighted by Gasteiger charge is -2.35. The van der Waals surface area contributed by atoms with Crippen molar-refractivity contribution in [1.29, 1.82) is 0 Å². The molecule has 1 unspecified atom stereocenters. The summed E-state index contributed by atoms with van der Waals surface area (Å²) < 4.78 is 0. The van der Waals surface area contributed by atoms with Crippen LogP contribution in [-0.2, 0) is 11.8 Å². The van der Waals surface area contributed by atoms with E-state index >= 15 is 0 Å². The third-order valence-corrected chi connectivity index (χ3v) is 5.10. The van der Waals surface area contributed by atoms with Crippen molar-refractivity contribution in [2.75, 3.05) is 13.1 Å². The Balaban J connectivity index is 1.92. The van der Waals surface area contributed by atoms with Gasteiger partial charge in [0, 0.05) is 12.6 Å². The van der Waals surface area contributed by atoms with Crippen LogP contribution in [0.15, 0.2) is 24.3 Å². The van der Waals surface area contributed by atoms with Crippen molar-refractivity contribution in [2.24, 2.45) is 5.92 Å². The number of hydrogen-bond acceptors (Lipinski definition) is 1. The Hall–Kier alpha value is -0.820. The first-order valence-electron chi connectivity index (χ1n) is 8.73. The van der Waals surface area contributed by atoms with Gasteiger partial charge in [0.25, 0.3) is 0 Å². The molecule has 1 aliphatic carbocycles. The van der Waals surface area contributed by atoms with E-state index < -0.39 is 0 Å². The summed E-state index contributed by atoms with van der Waals surface area (Å²) in [5, 5.41) is 0. The lowest BCUT2D eigenvalue weighted by atomic mass is 9.84. The van der Waals surface area contributed by atoms with Gasteiger partial charge in [0.05, 0.1) is 0 Å². The minimum atomic E-state index is 0.254. The molecule has 1 aliphatic rings. The van der Waals surface area contributed by atoms with Gasteiger partial charge in [-0.1, -0.05) is 58.4 Å². The summed E-state index contributed by atoms with van der Waals surface area (Å²) in [5.74, 6) is 0.968. The van der Waals surface area contributed by atoms with Crippen LogP contribution >= 0.6 is 0 Å². The van der Waals surface area contributed by atoms with Crippen molar-refractivity contribution < 1.29 is 0 Å². The largest absolute Gasteiger partial charge is 0.300 e. The molecule has 0 saturated heterocycles. The summed E-state index contributed by atoms with van der Waals surface area (Å²) >= 11 is 0. The Morgan fingerprint density at radius 2 is 1.76 bits per heavy atom. The second-order valence-corrected chi connectivity index (χ2v) is 7.88. The molecule has 1 aromatic rings. The molecule has 0 radical (unpaired) electrons. The summed E-state index contributed by atoms with van der Waals surface area (Å²) in [5.41, 5.74) is 3.16. The lowest BCUT2D eigenvalue weighted by molar-refractivity contribution is 0.145. The fraction of sp³-hybridized carbons (Fsp3) is 0.700. The molecule has 1 heteroatoms. The zero-order chi connectivity index (χ0) is 15.5. The van der Waals surface area contributed by atoms with Crippen LogP contribution in [0.25, 0.3) is 0 Å². The third-order valence-electron chi connectivity index (χ3n) is 5.10. The van der Waals surface area contributed by atoms with Crippen LogP contribution in [0.5, 0.6) is 0 Å². The second-order valence-electron chi connectivity index (χ2n) is 7.88. The fourth-order valence-corrected chi connectivity index (χ4v) is 3.24. The maximum atomic E-state index is 2.67. The van der Waals surface area contributed by atoms with E-state index in [0.717, 1.165) is 5.92 Å². The number of benzene rings is 1. The van der Waals surface area contributed by atoms with Crippen LogP contribution in [0.2, 0.25) is 0 Å². The molecule has 0 aromatic heterocycles. The monoisotopic (exact) mass is 287 g/mol. The van der Waals surface area contributed by atoms with Crippen molar-refractivity contribution in [1.82, 2.24) is 4.90 Å². The van der Waals surface area contributed by atoms with Gasteiger partial charge in [-0.3, -0.25) is 0 Å². The minimum Gasteiger partial charge on any atom is -0.300 e. The smallest absolute Gasteiger partial charge is 0.0107 e. The molecule has 2 rings (SSSR count). The molecular formula is C20H33N. The van der Waals surface area contributed by atoms with E-state index in [1.54, 1.807) is 0 Å². The van der Waals surface area contributed by atoms with Crippen molar-refractivity contribution in [3.8, 4) is 0 Å². The van der Waals surface area contributed by atoms with Crippen LogP contribution in [0.3, 0.4) is 0 Å². The molecule has 0 amide bonds. The maximum Gasteiger partial charge on any atom is 0.0107 e. The van der Waals surface area contributed by atoms with Crippen LogP contribution in [-0.4, -0.2) is 24.0 Å². The predicted molar refractivity (Wildman–Crippen MR) is 92.9 cm³/mol. The Kier molecular flexibility index (Phi) is 5.48. The van der Waals surface area contributed by atoms with Crippen LogP contribution in [0.1, 0.15) is 65.0 Å². The van der Waals surface area contributed by atoms with Gasteiger partial charge in [0.2, 0.25) is 0 Å². The average Bonchev–Trinajstić information content (AvgIpc) is 2.37. The first-order valence-corrected chi connectivity index (χ1v) is 8.73. The van der Waals surface area contributed by atoms with Crippen LogP contribution in [0.4, 0.5) is 0 Å². The highest BCUT2D eigenvalue weighted by atomic mass is 15.1. The van der Waals surface area contributed by atoms with Gasteiger partial charge in [0.15, 0.2) is 0 Å². The summed E-state index contributed by atoms with van der Waals surface area (Å²) in [6.45, 7) is 14.0. The van der Waals surface area contributed by atoms with E-state index in [0.29, 0.717) is 6.04 Å². The van der Waals surface area contributed by atoms with Gasteiger partial charge in [-0.05, 0) is 55.2 Å². The van der Waals surface area contributed by atoms with Gasteiger partial charge >= 0.3 is 0 Å².